The summed E-state index contributed by atoms with van der Waals surface area (Å²) >= 11 is 0. The van der Waals surface area contributed by atoms with Gasteiger partial charge in [-0.2, -0.15) is 0 Å². The first-order valence-electron chi connectivity index (χ1n) is 10.4. The van der Waals surface area contributed by atoms with Gasteiger partial charge in [-0.3, -0.25) is 14.0 Å². The summed E-state index contributed by atoms with van der Waals surface area (Å²) in [4.78, 5) is 26.2. The zero-order valence-corrected chi connectivity index (χ0v) is 19.1. The van der Waals surface area contributed by atoms with E-state index in [0.29, 0.717) is 24.5 Å². The summed E-state index contributed by atoms with van der Waals surface area (Å²) in [6, 6.07) is 19.8. The zero-order valence-electron chi connectivity index (χ0n) is 18.3. The van der Waals surface area contributed by atoms with E-state index in [1.165, 1.54) is 23.5 Å². The van der Waals surface area contributed by atoms with E-state index in [2.05, 4.69) is 10.6 Å². The van der Waals surface area contributed by atoms with Crippen LogP contribution in [0.15, 0.2) is 77.7 Å². The van der Waals surface area contributed by atoms with Gasteiger partial charge in [0.25, 0.3) is 15.9 Å². The molecule has 4 rings (SSSR count). The van der Waals surface area contributed by atoms with Crippen LogP contribution in [0.2, 0.25) is 0 Å². The van der Waals surface area contributed by atoms with Gasteiger partial charge < -0.3 is 10.6 Å². The van der Waals surface area contributed by atoms with Gasteiger partial charge >= 0.3 is 6.03 Å². The highest BCUT2D eigenvalue weighted by Crippen LogP contribution is 2.24. The zero-order chi connectivity index (χ0) is 23.6. The van der Waals surface area contributed by atoms with E-state index < -0.39 is 15.9 Å². The Morgan fingerprint density at radius 3 is 2.36 bits per heavy atom. The lowest BCUT2D eigenvalue weighted by atomic mass is 10.2. The summed E-state index contributed by atoms with van der Waals surface area (Å²) in [6.45, 7) is 3.11. The van der Waals surface area contributed by atoms with Crippen LogP contribution in [-0.2, 0) is 10.0 Å². The van der Waals surface area contributed by atoms with Crippen LogP contribution in [-0.4, -0.2) is 40.5 Å². The molecule has 1 fully saturated rings. The minimum absolute atomic E-state index is 0.0219. The number of amides is 3. The molecule has 3 amide bonds. The van der Waals surface area contributed by atoms with Crippen LogP contribution in [0, 0.1) is 6.92 Å². The summed E-state index contributed by atoms with van der Waals surface area (Å²) in [7, 11) is -2.36. The number of benzene rings is 3. The first-order chi connectivity index (χ1) is 15.8. The van der Waals surface area contributed by atoms with Crippen LogP contribution in [0.3, 0.4) is 0 Å². The van der Waals surface area contributed by atoms with Crippen LogP contribution in [0.4, 0.5) is 21.9 Å². The Labute approximate surface area is 192 Å². The Morgan fingerprint density at radius 1 is 1.03 bits per heavy atom. The van der Waals surface area contributed by atoms with Crippen molar-refractivity contribution in [2.45, 2.75) is 11.8 Å². The average Bonchev–Trinajstić information content (AvgIpc) is 3.25. The third-order valence-electron chi connectivity index (χ3n) is 5.45. The molecule has 0 spiro atoms. The van der Waals surface area contributed by atoms with Crippen LogP contribution in [0.1, 0.15) is 15.9 Å². The Morgan fingerprint density at radius 2 is 1.73 bits per heavy atom. The van der Waals surface area contributed by atoms with Gasteiger partial charge in [0.1, 0.15) is 0 Å². The summed E-state index contributed by atoms with van der Waals surface area (Å²) in [5.41, 5.74) is 3.04. The maximum absolute atomic E-state index is 13.1. The number of hydrogen-bond acceptors (Lipinski definition) is 4. The molecule has 1 heterocycles. The predicted octanol–water partition coefficient (Wildman–Crippen LogP) is 3.60. The number of carbonyl (C=O) groups is 2. The number of aryl methyl sites for hydroxylation is 1. The van der Waals surface area contributed by atoms with Crippen LogP contribution in [0.25, 0.3) is 0 Å². The molecule has 1 aliphatic rings. The molecule has 0 unspecified atom stereocenters. The van der Waals surface area contributed by atoms with E-state index in [9.17, 15) is 18.0 Å². The normalized spacial score (nSPS) is 13.5. The summed E-state index contributed by atoms with van der Waals surface area (Å²) in [5, 5.41) is 5.51. The van der Waals surface area contributed by atoms with E-state index in [4.69, 9.17) is 0 Å². The lowest BCUT2D eigenvalue weighted by Crippen LogP contribution is -2.27. The van der Waals surface area contributed by atoms with Gasteiger partial charge in [-0.05, 0) is 61.5 Å². The SMILES string of the molecule is Cc1ccc(N(C)S(=O)(=O)c2cccc(C(=O)Nc3ccc(N4CCNC4=O)cc3)c2)cc1. The molecule has 1 aliphatic heterocycles. The lowest BCUT2D eigenvalue weighted by Gasteiger charge is -2.20. The molecule has 0 aromatic heterocycles. The summed E-state index contributed by atoms with van der Waals surface area (Å²) in [5.74, 6) is -0.434. The second-order valence-corrected chi connectivity index (χ2v) is 9.69. The van der Waals surface area contributed by atoms with Crippen LogP contribution >= 0.6 is 0 Å². The second-order valence-electron chi connectivity index (χ2n) is 7.72. The van der Waals surface area contributed by atoms with Crippen molar-refractivity contribution < 1.29 is 18.0 Å². The molecular formula is C24H24N4O4S. The molecule has 0 radical (unpaired) electrons. The fourth-order valence-corrected chi connectivity index (χ4v) is 4.74. The molecule has 1 saturated heterocycles. The predicted molar refractivity (Wildman–Crippen MR) is 128 cm³/mol. The smallest absolute Gasteiger partial charge is 0.321 e. The highest BCUT2D eigenvalue weighted by molar-refractivity contribution is 7.92. The van der Waals surface area contributed by atoms with Crippen molar-refractivity contribution in [2.24, 2.45) is 0 Å². The second kappa shape index (κ2) is 8.95. The number of sulfonamides is 1. The molecule has 3 aromatic carbocycles. The van der Waals surface area contributed by atoms with Crippen molar-refractivity contribution in [1.82, 2.24) is 5.32 Å². The van der Waals surface area contributed by atoms with E-state index in [1.807, 2.05) is 19.1 Å². The Balaban J connectivity index is 1.50. The summed E-state index contributed by atoms with van der Waals surface area (Å²) < 4.78 is 27.4. The van der Waals surface area contributed by atoms with E-state index in [0.717, 1.165) is 11.3 Å². The molecule has 0 bridgehead atoms. The monoisotopic (exact) mass is 464 g/mol. The van der Waals surface area contributed by atoms with Gasteiger partial charge in [-0.25, -0.2) is 13.2 Å². The maximum Gasteiger partial charge on any atom is 0.321 e. The first-order valence-corrected chi connectivity index (χ1v) is 11.8. The van der Waals surface area contributed by atoms with Gasteiger partial charge in [-0.15, -0.1) is 0 Å². The highest BCUT2D eigenvalue weighted by atomic mass is 32.2. The first kappa shape index (κ1) is 22.3. The minimum Gasteiger partial charge on any atom is -0.336 e. The third kappa shape index (κ3) is 4.68. The molecule has 0 saturated carbocycles. The molecular weight excluding hydrogens is 440 g/mol. The Hall–Kier alpha value is -3.85. The van der Waals surface area contributed by atoms with Gasteiger partial charge in [0.2, 0.25) is 0 Å². The number of anilines is 3. The van der Waals surface area contributed by atoms with Crippen molar-refractivity contribution in [2.75, 3.05) is 34.7 Å². The fraction of sp³-hybridized carbons (Fsp3) is 0.167. The molecule has 0 atom stereocenters. The van der Waals surface area contributed by atoms with Crippen molar-refractivity contribution in [3.8, 4) is 0 Å². The lowest BCUT2D eigenvalue weighted by molar-refractivity contribution is 0.102. The number of hydrogen-bond donors (Lipinski definition) is 2. The summed E-state index contributed by atoms with van der Waals surface area (Å²) in [6.07, 6.45) is 0. The van der Waals surface area contributed by atoms with Gasteiger partial charge in [-0.1, -0.05) is 23.8 Å². The van der Waals surface area contributed by atoms with E-state index in [1.54, 1.807) is 53.4 Å². The van der Waals surface area contributed by atoms with E-state index in [-0.39, 0.29) is 16.5 Å². The Bertz CT molecular complexity index is 1290. The minimum atomic E-state index is -3.84. The average molecular weight is 465 g/mol. The number of urea groups is 1. The van der Waals surface area contributed by atoms with Crippen molar-refractivity contribution in [3.05, 3.63) is 83.9 Å². The Kier molecular flexibility index (Phi) is 6.06. The van der Waals surface area contributed by atoms with Crippen molar-refractivity contribution in [3.63, 3.8) is 0 Å². The number of nitrogens with zero attached hydrogens (tertiary/aromatic N) is 2. The van der Waals surface area contributed by atoms with Crippen LogP contribution < -0.4 is 19.8 Å². The molecule has 33 heavy (non-hydrogen) atoms. The van der Waals surface area contributed by atoms with Gasteiger partial charge in [0.15, 0.2) is 0 Å². The maximum atomic E-state index is 13.1. The van der Waals surface area contributed by atoms with Crippen molar-refractivity contribution in [1.29, 1.82) is 0 Å². The quantitative estimate of drug-likeness (QED) is 0.582. The fourth-order valence-electron chi connectivity index (χ4n) is 3.50. The van der Waals surface area contributed by atoms with Gasteiger partial charge in [0, 0.05) is 37.1 Å². The van der Waals surface area contributed by atoms with Crippen molar-refractivity contribution >= 4 is 39.0 Å². The standard InChI is InChI=1S/C24H24N4O4S/c1-17-6-10-20(11-7-17)27(2)33(31,32)22-5-3-4-18(16-22)23(29)26-19-8-12-21(13-9-19)28-15-14-25-24(28)30/h3-13,16H,14-15H2,1-2H3,(H,25,30)(H,26,29). The van der Waals surface area contributed by atoms with Crippen LogP contribution in [0.5, 0.6) is 0 Å². The molecule has 170 valence electrons. The highest BCUT2D eigenvalue weighted by Gasteiger charge is 2.23. The number of carbonyl (C=O) groups excluding carboxylic acids is 2. The molecule has 3 aromatic rings. The van der Waals surface area contributed by atoms with Gasteiger partial charge in [0.05, 0.1) is 10.6 Å². The largest absolute Gasteiger partial charge is 0.336 e. The molecule has 8 nitrogen and oxygen atoms in total. The number of nitrogens with one attached hydrogen (secondary N) is 2. The van der Waals surface area contributed by atoms with E-state index >= 15 is 0 Å². The molecule has 2 N–H and O–H groups in total. The molecule has 9 heteroatoms. The topological polar surface area (TPSA) is 98.8 Å². The molecule has 0 aliphatic carbocycles. The third-order valence-corrected chi connectivity index (χ3v) is 7.23. The number of rotatable bonds is 6.